The molecule has 0 aliphatic heterocycles. The predicted octanol–water partition coefficient (Wildman–Crippen LogP) is 2.80. The fourth-order valence-corrected chi connectivity index (χ4v) is 2.55. The molecule has 2 atom stereocenters. The average Bonchev–Trinajstić information content (AvgIpc) is 2.70. The van der Waals surface area contributed by atoms with Gasteiger partial charge in [-0.2, -0.15) is 0 Å². The van der Waals surface area contributed by atoms with Gasteiger partial charge in [0.1, 0.15) is 16.1 Å². The second-order valence-corrected chi connectivity index (χ2v) is 4.93. The second-order valence-electron chi connectivity index (χ2n) is 3.49. The molecule has 1 aliphatic rings. The molecule has 0 bridgehead atoms. The minimum atomic E-state index is -1.39. The molecule has 0 unspecified atom stereocenters. The molecule has 1 saturated carbocycles. The molecule has 0 heterocycles. The number of carbonyl (C=O) groups is 1. The van der Waals surface area contributed by atoms with Crippen LogP contribution in [-0.2, 0) is 4.79 Å². The Morgan fingerprint density at radius 1 is 1.40 bits per heavy atom. The first kappa shape index (κ1) is 10.7. The van der Waals surface area contributed by atoms with Gasteiger partial charge in [-0.25, -0.2) is 4.39 Å². The van der Waals surface area contributed by atoms with Crippen molar-refractivity contribution in [1.29, 1.82) is 0 Å². The summed E-state index contributed by atoms with van der Waals surface area (Å²) in [6, 6.07) is 5.92. The highest BCUT2D eigenvalue weighted by Gasteiger charge is 2.68. The number of aliphatic carboxylic acids is 1. The van der Waals surface area contributed by atoms with Crippen LogP contribution in [0.3, 0.4) is 0 Å². The Kier molecular flexibility index (Phi) is 2.40. The Labute approximate surface area is 95.6 Å². The van der Waals surface area contributed by atoms with Gasteiger partial charge in [0.2, 0.25) is 0 Å². The van der Waals surface area contributed by atoms with Gasteiger partial charge in [0.15, 0.2) is 0 Å². The van der Waals surface area contributed by atoms with Crippen molar-refractivity contribution in [1.82, 2.24) is 0 Å². The van der Waals surface area contributed by atoms with Crippen LogP contribution < -0.4 is 0 Å². The summed E-state index contributed by atoms with van der Waals surface area (Å²) in [6.07, 6.45) is 0. The third kappa shape index (κ3) is 1.60. The Hall–Kier alpha value is -0.800. The van der Waals surface area contributed by atoms with E-state index in [-0.39, 0.29) is 5.56 Å². The molecule has 0 saturated heterocycles. The van der Waals surface area contributed by atoms with Crippen molar-refractivity contribution >= 4 is 29.2 Å². The molecule has 1 fully saturated rings. The SMILES string of the molecule is O=C(O)[C@H]1[C@H](c2ccccc2F)C1(Cl)Cl. The lowest BCUT2D eigenvalue weighted by Crippen LogP contribution is -2.03. The second kappa shape index (κ2) is 3.35. The zero-order valence-electron chi connectivity index (χ0n) is 7.45. The van der Waals surface area contributed by atoms with Crippen molar-refractivity contribution in [2.24, 2.45) is 5.92 Å². The molecule has 80 valence electrons. The molecule has 1 aromatic carbocycles. The van der Waals surface area contributed by atoms with E-state index in [0.717, 1.165) is 0 Å². The number of carboxylic acid groups (broad SMARTS) is 1. The van der Waals surface area contributed by atoms with Crippen LogP contribution in [0.2, 0.25) is 0 Å². The van der Waals surface area contributed by atoms with Crippen LogP contribution in [0.15, 0.2) is 24.3 Å². The van der Waals surface area contributed by atoms with Gasteiger partial charge in [-0.05, 0) is 11.6 Å². The van der Waals surface area contributed by atoms with E-state index < -0.39 is 28.0 Å². The van der Waals surface area contributed by atoms with E-state index in [0.29, 0.717) is 0 Å². The zero-order chi connectivity index (χ0) is 11.2. The summed E-state index contributed by atoms with van der Waals surface area (Å²) in [5, 5.41) is 8.82. The molecule has 0 aromatic heterocycles. The summed E-state index contributed by atoms with van der Waals surface area (Å²) in [6.45, 7) is 0. The van der Waals surface area contributed by atoms with Crippen LogP contribution in [0.1, 0.15) is 11.5 Å². The molecule has 2 nitrogen and oxygen atoms in total. The first-order valence-corrected chi connectivity index (χ1v) is 5.07. The maximum absolute atomic E-state index is 13.4. The molecule has 0 radical (unpaired) electrons. The summed E-state index contributed by atoms with van der Waals surface area (Å²) in [4.78, 5) is 10.8. The van der Waals surface area contributed by atoms with Gasteiger partial charge in [-0.1, -0.05) is 41.4 Å². The summed E-state index contributed by atoms with van der Waals surface area (Å²) in [5.74, 6) is -3.18. The van der Waals surface area contributed by atoms with Gasteiger partial charge in [0.05, 0.1) is 0 Å². The highest BCUT2D eigenvalue weighted by atomic mass is 35.5. The summed E-state index contributed by atoms with van der Waals surface area (Å²) in [7, 11) is 0. The number of benzene rings is 1. The normalized spacial score (nSPS) is 27.4. The van der Waals surface area contributed by atoms with E-state index in [1.54, 1.807) is 6.07 Å². The van der Waals surface area contributed by atoms with Gasteiger partial charge in [-0.3, -0.25) is 4.79 Å². The molecule has 0 spiro atoms. The molecule has 0 amide bonds. The molecule has 5 heteroatoms. The summed E-state index contributed by atoms with van der Waals surface area (Å²) >= 11 is 11.6. The highest BCUT2D eigenvalue weighted by molar-refractivity contribution is 6.53. The standard InChI is InChI=1S/C10H7Cl2FO2/c11-10(12)7(8(10)9(14)15)5-3-1-2-4-6(5)13/h1-4,7-8H,(H,14,15)/t7-,8+/m0/s1. The van der Waals surface area contributed by atoms with E-state index in [4.69, 9.17) is 28.3 Å². The zero-order valence-corrected chi connectivity index (χ0v) is 8.97. The van der Waals surface area contributed by atoms with Gasteiger partial charge < -0.3 is 5.11 Å². The van der Waals surface area contributed by atoms with E-state index in [1.807, 2.05) is 0 Å². The largest absolute Gasteiger partial charge is 0.481 e. The monoisotopic (exact) mass is 248 g/mol. The molecule has 1 aromatic rings. The van der Waals surface area contributed by atoms with Crippen molar-refractivity contribution in [2.45, 2.75) is 10.3 Å². The maximum atomic E-state index is 13.4. The van der Waals surface area contributed by atoms with E-state index in [9.17, 15) is 9.18 Å². The summed E-state index contributed by atoms with van der Waals surface area (Å²) < 4.78 is 12.0. The fourth-order valence-electron chi connectivity index (χ4n) is 1.75. The Balaban J connectivity index is 2.36. The minimum Gasteiger partial charge on any atom is -0.481 e. The van der Waals surface area contributed by atoms with Crippen LogP contribution in [-0.4, -0.2) is 15.4 Å². The van der Waals surface area contributed by atoms with Crippen LogP contribution in [0.4, 0.5) is 4.39 Å². The van der Waals surface area contributed by atoms with Gasteiger partial charge >= 0.3 is 5.97 Å². The van der Waals surface area contributed by atoms with Crippen LogP contribution in [0.5, 0.6) is 0 Å². The predicted molar refractivity (Wildman–Crippen MR) is 54.7 cm³/mol. The van der Waals surface area contributed by atoms with Crippen LogP contribution in [0, 0.1) is 11.7 Å². The smallest absolute Gasteiger partial charge is 0.310 e. The number of hydrogen-bond acceptors (Lipinski definition) is 1. The minimum absolute atomic E-state index is 0.259. The molecule has 1 N–H and O–H groups in total. The number of hydrogen-bond donors (Lipinski definition) is 1. The van der Waals surface area contributed by atoms with Crippen LogP contribution >= 0.6 is 23.2 Å². The summed E-state index contributed by atoms with van der Waals surface area (Å²) in [5.41, 5.74) is 0.259. The number of halogens is 3. The first-order chi connectivity index (χ1) is 6.96. The Morgan fingerprint density at radius 3 is 2.47 bits per heavy atom. The third-order valence-corrected chi connectivity index (χ3v) is 3.50. The molecule has 2 rings (SSSR count). The molecule has 1 aliphatic carbocycles. The van der Waals surface area contributed by atoms with Crippen molar-refractivity contribution in [2.75, 3.05) is 0 Å². The molecule has 15 heavy (non-hydrogen) atoms. The Morgan fingerprint density at radius 2 is 2.00 bits per heavy atom. The first-order valence-electron chi connectivity index (χ1n) is 4.31. The topological polar surface area (TPSA) is 37.3 Å². The third-order valence-electron chi connectivity index (χ3n) is 2.56. The lowest BCUT2D eigenvalue weighted by atomic mass is 10.1. The average molecular weight is 249 g/mol. The number of carboxylic acids is 1. The van der Waals surface area contributed by atoms with E-state index in [2.05, 4.69) is 0 Å². The van der Waals surface area contributed by atoms with Crippen LogP contribution in [0.25, 0.3) is 0 Å². The molecular formula is C10H7Cl2FO2. The number of alkyl halides is 2. The van der Waals surface area contributed by atoms with Crippen molar-refractivity contribution < 1.29 is 14.3 Å². The van der Waals surface area contributed by atoms with Gasteiger partial charge in [0, 0.05) is 5.92 Å². The van der Waals surface area contributed by atoms with Crippen molar-refractivity contribution in [3.63, 3.8) is 0 Å². The highest BCUT2D eigenvalue weighted by Crippen LogP contribution is 2.65. The van der Waals surface area contributed by atoms with Gasteiger partial charge in [0.25, 0.3) is 0 Å². The van der Waals surface area contributed by atoms with Crippen molar-refractivity contribution in [3.05, 3.63) is 35.6 Å². The lowest BCUT2D eigenvalue weighted by Gasteiger charge is -2.00. The maximum Gasteiger partial charge on any atom is 0.310 e. The molecular weight excluding hydrogens is 242 g/mol. The van der Waals surface area contributed by atoms with Gasteiger partial charge in [-0.15, -0.1) is 0 Å². The Bertz CT molecular complexity index is 420. The van der Waals surface area contributed by atoms with E-state index >= 15 is 0 Å². The number of rotatable bonds is 2. The fraction of sp³-hybridized carbons (Fsp3) is 0.300. The van der Waals surface area contributed by atoms with Crippen molar-refractivity contribution in [3.8, 4) is 0 Å². The quantitative estimate of drug-likeness (QED) is 0.818. The lowest BCUT2D eigenvalue weighted by molar-refractivity contribution is -0.138. The van der Waals surface area contributed by atoms with E-state index in [1.165, 1.54) is 18.2 Å².